The SMILES string of the molecule is CCCCOc1ccc2c(/C=C3\CNNC3=O)cccc2c1. The molecule has 3 rings (SSSR count). The largest absolute Gasteiger partial charge is 0.494 e. The maximum absolute atomic E-state index is 11.7. The third-order valence-electron chi connectivity index (χ3n) is 3.75. The first-order chi connectivity index (χ1) is 10.8. The maximum Gasteiger partial charge on any atom is 0.262 e. The van der Waals surface area contributed by atoms with Crippen molar-refractivity contribution in [2.24, 2.45) is 0 Å². The van der Waals surface area contributed by atoms with Crippen LogP contribution < -0.4 is 15.6 Å². The molecule has 4 nitrogen and oxygen atoms in total. The molecule has 1 fully saturated rings. The zero-order valence-corrected chi connectivity index (χ0v) is 12.7. The lowest BCUT2D eigenvalue weighted by molar-refractivity contribution is -0.116. The van der Waals surface area contributed by atoms with Crippen LogP contribution in [0.1, 0.15) is 25.3 Å². The van der Waals surface area contributed by atoms with Crippen molar-refractivity contribution in [3.05, 3.63) is 47.5 Å². The summed E-state index contributed by atoms with van der Waals surface area (Å²) in [5, 5.41) is 2.24. The molecule has 1 heterocycles. The molecule has 1 aliphatic heterocycles. The molecule has 1 aliphatic rings. The fourth-order valence-electron chi connectivity index (χ4n) is 2.52. The number of unbranched alkanes of at least 4 members (excludes halogenated alkanes) is 1. The van der Waals surface area contributed by atoms with E-state index in [-0.39, 0.29) is 5.91 Å². The van der Waals surface area contributed by atoms with E-state index in [0.717, 1.165) is 47.1 Å². The van der Waals surface area contributed by atoms with Crippen molar-refractivity contribution in [3.63, 3.8) is 0 Å². The third kappa shape index (κ3) is 3.12. The molecule has 0 bridgehead atoms. The highest BCUT2D eigenvalue weighted by atomic mass is 16.5. The molecule has 0 atom stereocenters. The highest BCUT2D eigenvalue weighted by Gasteiger charge is 2.15. The number of fused-ring (bicyclic) bond motifs is 1. The van der Waals surface area contributed by atoms with Crippen molar-refractivity contribution in [3.8, 4) is 5.75 Å². The van der Waals surface area contributed by atoms with Crippen LogP contribution in [0, 0.1) is 0 Å². The zero-order valence-electron chi connectivity index (χ0n) is 12.7. The highest BCUT2D eigenvalue weighted by molar-refractivity contribution is 6.02. The molecule has 4 heteroatoms. The highest BCUT2D eigenvalue weighted by Crippen LogP contribution is 2.26. The lowest BCUT2D eigenvalue weighted by Gasteiger charge is -2.08. The van der Waals surface area contributed by atoms with Crippen LogP contribution in [-0.4, -0.2) is 19.1 Å². The molecule has 0 radical (unpaired) electrons. The van der Waals surface area contributed by atoms with Gasteiger partial charge in [0.2, 0.25) is 0 Å². The third-order valence-corrected chi connectivity index (χ3v) is 3.75. The van der Waals surface area contributed by atoms with Gasteiger partial charge in [0, 0.05) is 12.1 Å². The topological polar surface area (TPSA) is 50.4 Å². The second-order valence-corrected chi connectivity index (χ2v) is 5.41. The molecule has 114 valence electrons. The Kier molecular flexibility index (Phi) is 4.39. The Balaban J connectivity index is 1.90. The summed E-state index contributed by atoms with van der Waals surface area (Å²) in [6.45, 7) is 3.45. The molecule has 2 N–H and O–H groups in total. The smallest absolute Gasteiger partial charge is 0.262 e. The first kappa shape index (κ1) is 14.6. The molecule has 22 heavy (non-hydrogen) atoms. The van der Waals surface area contributed by atoms with E-state index in [9.17, 15) is 4.79 Å². The van der Waals surface area contributed by atoms with Gasteiger partial charge in [-0.1, -0.05) is 37.6 Å². The van der Waals surface area contributed by atoms with Crippen LogP contribution in [-0.2, 0) is 4.79 Å². The van der Waals surface area contributed by atoms with Crippen LogP contribution in [0.5, 0.6) is 5.75 Å². The summed E-state index contributed by atoms with van der Waals surface area (Å²) in [4.78, 5) is 11.7. The Bertz CT molecular complexity index is 722. The summed E-state index contributed by atoms with van der Waals surface area (Å²) in [6.07, 6.45) is 4.13. The van der Waals surface area contributed by atoms with Gasteiger partial charge < -0.3 is 4.74 Å². The summed E-state index contributed by atoms with van der Waals surface area (Å²) >= 11 is 0. The van der Waals surface area contributed by atoms with Crippen molar-refractivity contribution in [1.82, 2.24) is 10.9 Å². The van der Waals surface area contributed by atoms with E-state index in [1.165, 1.54) is 0 Å². The average Bonchev–Trinajstić information content (AvgIpc) is 2.93. The molecule has 1 saturated heterocycles. The second-order valence-electron chi connectivity index (χ2n) is 5.41. The van der Waals surface area contributed by atoms with Gasteiger partial charge in [-0.15, -0.1) is 0 Å². The van der Waals surface area contributed by atoms with Crippen LogP contribution in [0.2, 0.25) is 0 Å². The van der Waals surface area contributed by atoms with Crippen molar-refractivity contribution in [2.75, 3.05) is 13.2 Å². The molecule has 0 spiro atoms. The van der Waals surface area contributed by atoms with Gasteiger partial charge in [-0.2, -0.15) is 0 Å². The van der Waals surface area contributed by atoms with Crippen molar-refractivity contribution < 1.29 is 9.53 Å². The number of nitrogens with one attached hydrogen (secondary N) is 2. The summed E-state index contributed by atoms with van der Waals surface area (Å²) in [6, 6.07) is 12.2. The Hall–Kier alpha value is -2.33. The number of rotatable bonds is 5. The van der Waals surface area contributed by atoms with Crippen LogP contribution in [0.4, 0.5) is 0 Å². The number of hydrazine groups is 1. The van der Waals surface area contributed by atoms with Gasteiger partial charge >= 0.3 is 0 Å². The minimum absolute atomic E-state index is 0.0588. The summed E-state index contributed by atoms with van der Waals surface area (Å²) in [5.41, 5.74) is 7.23. The number of hydrogen-bond donors (Lipinski definition) is 2. The first-order valence-electron chi connectivity index (χ1n) is 7.67. The zero-order chi connectivity index (χ0) is 15.4. The second kappa shape index (κ2) is 6.62. The minimum atomic E-state index is -0.0588. The maximum atomic E-state index is 11.7. The number of carbonyl (C=O) groups excluding carboxylic acids is 1. The van der Waals surface area contributed by atoms with E-state index >= 15 is 0 Å². The molecular formula is C18H20N2O2. The lowest BCUT2D eigenvalue weighted by atomic mass is 10.0. The van der Waals surface area contributed by atoms with Crippen molar-refractivity contribution in [2.45, 2.75) is 19.8 Å². The molecule has 2 aromatic rings. The van der Waals surface area contributed by atoms with E-state index in [2.05, 4.69) is 36.0 Å². The summed E-state index contributed by atoms with van der Waals surface area (Å²) in [7, 11) is 0. The van der Waals surface area contributed by atoms with Gasteiger partial charge in [-0.25, -0.2) is 5.43 Å². The van der Waals surface area contributed by atoms with Gasteiger partial charge in [0.05, 0.1) is 6.61 Å². The van der Waals surface area contributed by atoms with E-state index in [1.54, 1.807) is 0 Å². The number of carbonyl (C=O) groups is 1. The van der Waals surface area contributed by atoms with Crippen LogP contribution in [0.25, 0.3) is 16.8 Å². The summed E-state index contributed by atoms with van der Waals surface area (Å²) in [5.74, 6) is 0.836. The number of ether oxygens (including phenoxy) is 1. The van der Waals surface area contributed by atoms with Crippen LogP contribution in [0.3, 0.4) is 0 Å². The Morgan fingerprint density at radius 1 is 1.27 bits per heavy atom. The molecule has 2 aromatic carbocycles. The van der Waals surface area contributed by atoms with Crippen LogP contribution in [0.15, 0.2) is 42.0 Å². The predicted molar refractivity (Wildman–Crippen MR) is 88.5 cm³/mol. The van der Waals surface area contributed by atoms with E-state index in [1.807, 2.05) is 24.3 Å². The minimum Gasteiger partial charge on any atom is -0.494 e. The monoisotopic (exact) mass is 296 g/mol. The van der Waals surface area contributed by atoms with Crippen LogP contribution >= 0.6 is 0 Å². The summed E-state index contributed by atoms with van der Waals surface area (Å²) < 4.78 is 5.76. The Morgan fingerprint density at radius 2 is 2.18 bits per heavy atom. The molecule has 0 aliphatic carbocycles. The Morgan fingerprint density at radius 3 is 2.95 bits per heavy atom. The number of benzene rings is 2. The van der Waals surface area contributed by atoms with Gasteiger partial charge in [0.25, 0.3) is 5.91 Å². The van der Waals surface area contributed by atoms with Gasteiger partial charge in [0.15, 0.2) is 0 Å². The molecule has 1 amide bonds. The van der Waals surface area contributed by atoms with Gasteiger partial charge in [-0.05, 0) is 41.0 Å². The normalized spacial score (nSPS) is 16.2. The average molecular weight is 296 g/mol. The van der Waals surface area contributed by atoms with Crippen molar-refractivity contribution in [1.29, 1.82) is 0 Å². The number of hydrogen-bond acceptors (Lipinski definition) is 3. The van der Waals surface area contributed by atoms with E-state index < -0.39 is 0 Å². The number of amides is 1. The van der Waals surface area contributed by atoms with Gasteiger partial charge in [0.1, 0.15) is 5.75 Å². The van der Waals surface area contributed by atoms with E-state index in [4.69, 9.17) is 4.74 Å². The first-order valence-corrected chi connectivity index (χ1v) is 7.67. The lowest BCUT2D eigenvalue weighted by Crippen LogP contribution is -2.25. The molecule has 0 aromatic heterocycles. The van der Waals surface area contributed by atoms with E-state index in [0.29, 0.717) is 6.54 Å². The predicted octanol–water partition coefficient (Wildman–Crippen LogP) is 3.04. The fourth-order valence-corrected chi connectivity index (χ4v) is 2.52. The molecule has 0 saturated carbocycles. The van der Waals surface area contributed by atoms with Crippen molar-refractivity contribution >= 4 is 22.8 Å². The standard InChI is InChI=1S/C18H20N2O2/c1-2-3-9-22-16-7-8-17-13(5-4-6-14(17)11-16)10-15-12-19-20-18(15)21/h4-8,10-11,19H,2-3,9,12H2,1H3,(H,20,21)/b15-10+. The molecule has 0 unspecified atom stereocenters. The fraction of sp³-hybridized carbons (Fsp3) is 0.278. The molecular weight excluding hydrogens is 276 g/mol. The Labute approximate surface area is 130 Å². The van der Waals surface area contributed by atoms with Gasteiger partial charge in [-0.3, -0.25) is 10.2 Å². The quantitative estimate of drug-likeness (QED) is 0.658.